The lowest BCUT2D eigenvalue weighted by Crippen LogP contribution is -2.12. The number of hydrogen-bond acceptors (Lipinski definition) is 1. The van der Waals surface area contributed by atoms with Crippen LogP contribution in [0.25, 0.3) is 83.1 Å². The molecular formula is C60H42N2. The number of anilines is 3. The van der Waals surface area contributed by atoms with E-state index in [1.54, 1.807) is 0 Å². The van der Waals surface area contributed by atoms with Crippen LogP contribution in [-0.4, -0.2) is 4.57 Å². The first-order valence-corrected chi connectivity index (χ1v) is 21.3. The van der Waals surface area contributed by atoms with Gasteiger partial charge in [0.1, 0.15) is 0 Å². The summed E-state index contributed by atoms with van der Waals surface area (Å²) in [6.07, 6.45) is 0. The van der Waals surface area contributed by atoms with Crippen molar-refractivity contribution in [3.63, 3.8) is 0 Å². The zero-order valence-electron chi connectivity index (χ0n) is 34.1. The van der Waals surface area contributed by atoms with Gasteiger partial charge in [-0.05, 0) is 105 Å². The van der Waals surface area contributed by atoms with E-state index < -0.39 is 0 Å². The molecule has 0 bridgehead atoms. The van der Waals surface area contributed by atoms with Crippen molar-refractivity contribution in [3.8, 4) is 61.3 Å². The standard InChI is InChI=1S/C60H42N2/c1-5-18-43(19-6-1)45-32-35-50(36-33-45)61(60-41-48(44-20-7-2-8-21-44)34-38-54(60)47-24-11-4-12-25-47)52-37-39-53(46-22-9-3-10-23-46)57(42-52)49-26-17-27-51(40-49)62-58-30-15-13-28-55(58)56-29-14-16-31-59(56)62/h1-42H. The predicted octanol–water partition coefficient (Wildman–Crippen LogP) is 16.6. The average molecular weight is 791 g/mol. The van der Waals surface area contributed by atoms with Gasteiger partial charge in [-0.25, -0.2) is 0 Å². The molecule has 0 aliphatic heterocycles. The van der Waals surface area contributed by atoms with Gasteiger partial charge >= 0.3 is 0 Å². The number of rotatable bonds is 9. The highest BCUT2D eigenvalue weighted by atomic mass is 15.1. The molecule has 0 N–H and O–H groups in total. The van der Waals surface area contributed by atoms with Crippen LogP contribution in [0.4, 0.5) is 17.1 Å². The fourth-order valence-corrected chi connectivity index (χ4v) is 9.04. The molecule has 1 aromatic heterocycles. The van der Waals surface area contributed by atoms with E-state index in [0.717, 1.165) is 50.6 Å². The van der Waals surface area contributed by atoms with Crippen molar-refractivity contribution in [1.29, 1.82) is 0 Å². The number of nitrogens with zero attached hydrogens (tertiary/aromatic N) is 2. The molecule has 0 radical (unpaired) electrons. The summed E-state index contributed by atoms with van der Waals surface area (Å²) in [6, 6.07) is 92.2. The van der Waals surface area contributed by atoms with Crippen molar-refractivity contribution < 1.29 is 0 Å². The second-order valence-electron chi connectivity index (χ2n) is 15.7. The SMILES string of the molecule is c1ccc(-c2ccc(N(c3ccc(-c4ccccc4)c(-c4cccc(-n5c6ccccc6c6ccccc65)c4)c3)c3cc(-c4ccccc4)ccc3-c3ccccc3)cc2)cc1. The lowest BCUT2D eigenvalue weighted by Gasteiger charge is -2.30. The van der Waals surface area contributed by atoms with Crippen molar-refractivity contribution in [2.24, 2.45) is 0 Å². The molecule has 0 fully saturated rings. The smallest absolute Gasteiger partial charge is 0.0546 e. The first-order valence-electron chi connectivity index (χ1n) is 21.3. The van der Waals surface area contributed by atoms with Crippen molar-refractivity contribution in [2.45, 2.75) is 0 Å². The van der Waals surface area contributed by atoms with Crippen molar-refractivity contribution in [3.05, 3.63) is 255 Å². The van der Waals surface area contributed by atoms with Gasteiger partial charge < -0.3 is 9.47 Å². The fraction of sp³-hybridized carbons (Fsp3) is 0. The zero-order chi connectivity index (χ0) is 41.2. The molecule has 0 saturated heterocycles. The summed E-state index contributed by atoms with van der Waals surface area (Å²) in [7, 11) is 0. The van der Waals surface area contributed by atoms with E-state index in [1.165, 1.54) is 49.6 Å². The minimum absolute atomic E-state index is 1.07. The molecule has 0 aliphatic rings. The molecule has 1 heterocycles. The normalized spacial score (nSPS) is 11.2. The van der Waals surface area contributed by atoms with Crippen LogP contribution in [0.2, 0.25) is 0 Å². The van der Waals surface area contributed by atoms with E-state index in [4.69, 9.17) is 0 Å². The highest BCUT2D eigenvalue weighted by Crippen LogP contribution is 2.46. The van der Waals surface area contributed by atoms with Crippen LogP contribution in [0.1, 0.15) is 0 Å². The Balaban J connectivity index is 1.15. The Morgan fingerprint density at radius 1 is 0.258 bits per heavy atom. The Morgan fingerprint density at radius 2 is 0.710 bits per heavy atom. The summed E-state index contributed by atoms with van der Waals surface area (Å²) >= 11 is 0. The van der Waals surface area contributed by atoms with Crippen molar-refractivity contribution >= 4 is 38.9 Å². The Morgan fingerprint density at radius 3 is 1.32 bits per heavy atom. The number of benzene rings is 10. The van der Waals surface area contributed by atoms with E-state index in [9.17, 15) is 0 Å². The predicted molar refractivity (Wildman–Crippen MR) is 263 cm³/mol. The van der Waals surface area contributed by atoms with E-state index in [2.05, 4.69) is 264 Å². The first-order chi connectivity index (χ1) is 30.8. The number of hydrogen-bond donors (Lipinski definition) is 0. The summed E-state index contributed by atoms with van der Waals surface area (Å²) in [5.74, 6) is 0. The molecule has 292 valence electrons. The van der Waals surface area contributed by atoms with Gasteiger partial charge in [-0.1, -0.05) is 200 Å². The second-order valence-corrected chi connectivity index (χ2v) is 15.7. The largest absolute Gasteiger partial charge is 0.310 e. The van der Waals surface area contributed by atoms with E-state index in [1.807, 2.05) is 0 Å². The lowest BCUT2D eigenvalue weighted by atomic mass is 9.92. The van der Waals surface area contributed by atoms with Crippen LogP contribution in [0.3, 0.4) is 0 Å². The molecular weight excluding hydrogens is 749 g/mol. The van der Waals surface area contributed by atoms with Gasteiger partial charge in [0.15, 0.2) is 0 Å². The molecule has 10 aromatic carbocycles. The van der Waals surface area contributed by atoms with E-state index in [-0.39, 0.29) is 0 Å². The number of para-hydroxylation sites is 2. The summed E-state index contributed by atoms with van der Waals surface area (Å²) in [5.41, 5.74) is 18.4. The first kappa shape index (κ1) is 36.8. The molecule has 2 heteroatoms. The average Bonchev–Trinajstić information content (AvgIpc) is 3.70. The molecule has 11 aromatic rings. The maximum Gasteiger partial charge on any atom is 0.0546 e. The zero-order valence-corrected chi connectivity index (χ0v) is 34.1. The number of aromatic nitrogens is 1. The van der Waals surface area contributed by atoms with Gasteiger partial charge in [0.2, 0.25) is 0 Å². The molecule has 62 heavy (non-hydrogen) atoms. The van der Waals surface area contributed by atoms with Crippen LogP contribution < -0.4 is 4.90 Å². The highest BCUT2D eigenvalue weighted by Gasteiger charge is 2.21. The molecule has 11 rings (SSSR count). The van der Waals surface area contributed by atoms with Crippen LogP contribution >= 0.6 is 0 Å². The molecule has 0 unspecified atom stereocenters. The Hall–Kier alpha value is -8.20. The molecule has 2 nitrogen and oxygen atoms in total. The van der Waals surface area contributed by atoms with Gasteiger partial charge in [0.25, 0.3) is 0 Å². The van der Waals surface area contributed by atoms with Gasteiger partial charge in [-0.3, -0.25) is 0 Å². The monoisotopic (exact) mass is 790 g/mol. The van der Waals surface area contributed by atoms with Crippen molar-refractivity contribution in [1.82, 2.24) is 4.57 Å². The van der Waals surface area contributed by atoms with Crippen LogP contribution in [0.5, 0.6) is 0 Å². The second kappa shape index (κ2) is 16.1. The third-order valence-corrected chi connectivity index (χ3v) is 12.0. The third-order valence-electron chi connectivity index (χ3n) is 12.0. The third kappa shape index (κ3) is 6.84. The van der Waals surface area contributed by atoms with Gasteiger partial charge in [0, 0.05) is 33.4 Å². The minimum atomic E-state index is 1.07. The maximum absolute atomic E-state index is 2.44. The molecule has 0 spiro atoms. The molecule has 0 atom stereocenters. The van der Waals surface area contributed by atoms with E-state index >= 15 is 0 Å². The number of fused-ring (bicyclic) bond motifs is 3. The topological polar surface area (TPSA) is 8.17 Å². The van der Waals surface area contributed by atoms with Crippen LogP contribution in [-0.2, 0) is 0 Å². The van der Waals surface area contributed by atoms with Crippen molar-refractivity contribution in [2.75, 3.05) is 4.90 Å². The van der Waals surface area contributed by atoms with Gasteiger partial charge in [-0.2, -0.15) is 0 Å². The Bertz CT molecular complexity index is 3260. The van der Waals surface area contributed by atoms with Gasteiger partial charge in [0.05, 0.1) is 16.7 Å². The molecule has 0 aliphatic carbocycles. The summed E-state index contributed by atoms with van der Waals surface area (Å²) in [5, 5.41) is 2.50. The van der Waals surface area contributed by atoms with Crippen LogP contribution in [0.15, 0.2) is 255 Å². The highest BCUT2D eigenvalue weighted by molar-refractivity contribution is 6.09. The quantitative estimate of drug-likeness (QED) is 0.141. The Kier molecular flexibility index (Phi) is 9.57. The van der Waals surface area contributed by atoms with Gasteiger partial charge in [-0.15, -0.1) is 0 Å². The van der Waals surface area contributed by atoms with Crippen LogP contribution in [0, 0.1) is 0 Å². The summed E-state index contributed by atoms with van der Waals surface area (Å²) in [6.45, 7) is 0. The minimum Gasteiger partial charge on any atom is -0.310 e. The van der Waals surface area contributed by atoms with E-state index in [0.29, 0.717) is 0 Å². The molecule has 0 saturated carbocycles. The maximum atomic E-state index is 2.44. The summed E-state index contributed by atoms with van der Waals surface area (Å²) < 4.78 is 2.40. The summed E-state index contributed by atoms with van der Waals surface area (Å²) in [4.78, 5) is 2.44. The fourth-order valence-electron chi connectivity index (χ4n) is 9.04. The molecule has 0 amide bonds. The lowest BCUT2D eigenvalue weighted by molar-refractivity contribution is 1.18. The Labute approximate surface area is 362 Å².